The van der Waals surface area contributed by atoms with Crippen LogP contribution in [0.1, 0.15) is 15.9 Å². The summed E-state index contributed by atoms with van der Waals surface area (Å²) in [6.45, 7) is 0. The Bertz CT molecular complexity index is 608. The van der Waals surface area contributed by atoms with Crippen LogP contribution in [-0.2, 0) is 16.6 Å². The summed E-state index contributed by atoms with van der Waals surface area (Å²) in [6, 6.07) is 10.9. The Morgan fingerprint density at radius 2 is 1.89 bits per heavy atom. The first-order chi connectivity index (χ1) is 9.06. The molecule has 1 atom stereocenters. The van der Waals surface area contributed by atoms with Gasteiger partial charge in [0, 0.05) is 22.1 Å². The fraction of sp³-hybridized carbons (Fsp3) is 0.154. The lowest BCUT2D eigenvalue weighted by molar-refractivity contribution is 0.102. The highest BCUT2D eigenvalue weighted by molar-refractivity contribution is 7.85. The van der Waals surface area contributed by atoms with Crippen molar-refractivity contribution in [3.63, 3.8) is 0 Å². The Labute approximate surface area is 127 Å². The molecule has 2 aromatic rings. The normalized spacial score (nSPS) is 12.3. The fourth-order valence-corrected chi connectivity index (χ4v) is 4.18. The van der Waals surface area contributed by atoms with Crippen molar-refractivity contribution in [2.45, 2.75) is 5.75 Å². The van der Waals surface area contributed by atoms with Crippen molar-refractivity contribution in [3.8, 4) is 0 Å². The SMILES string of the molecule is O=C(CS(=O)Cc1ccccc1)c1cc(Cl)sc1Cl. The molecular weight excluding hydrogens is 323 g/mol. The number of hydrogen-bond acceptors (Lipinski definition) is 3. The van der Waals surface area contributed by atoms with Crippen LogP contribution < -0.4 is 0 Å². The van der Waals surface area contributed by atoms with Gasteiger partial charge in [-0.2, -0.15) is 0 Å². The molecule has 0 aliphatic rings. The topological polar surface area (TPSA) is 34.1 Å². The molecule has 2 rings (SSSR count). The molecule has 100 valence electrons. The van der Waals surface area contributed by atoms with Gasteiger partial charge in [0.2, 0.25) is 0 Å². The van der Waals surface area contributed by atoms with E-state index in [1.807, 2.05) is 30.3 Å². The number of carbonyl (C=O) groups excluding carboxylic acids is 1. The minimum atomic E-state index is -1.25. The van der Waals surface area contributed by atoms with Gasteiger partial charge < -0.3 is 0 Å². The molecule has 1 aromatic carbocycles. The summed E-state index contributed by atoms with van der Waals surface area (Å²) < 4.78 is 12.7. The Morgan fingerprint density at radius 3 is 2.47 bits per heavy atom. The summed E-state index contributed by atoms with van der Waals surface area (Å²) >= 11 is 12.8. The zero-order chi connectivity index (χ0) is 13.8. The predicted molar refractivity (Wildman–Crippen MR) is 81.8 cm³/mol. The molecule has 0 aliphatic heterocycles. The Hall–Kier alpha value is -0.680. The second-order valence-corrected chi connectivity index (χ2v) is 7.62. The smallest absolute Gasteiger partial charge is 0.177 e. The molecule has 0 fully saturated rings. The number of benzene rings is 1. The van der Waals surface area contributed by atoms with Crippen molar-refractivity contribution in [3.05, 3.63) is 56.2 Å². The Morgan fingerprint density at radius 1 is 1.21 bits per heavy atom. The molecular formula is C13H10Cl2O2S2. The molecule has 0 bridgehead atoms. The van der Waals surface area contributed by atoms with Gasteiger partial charge in [0.25, 0.3) is 0 Å². The van der Waals surface area contributed by atoms with Crippen LogP contribution in [0.5, 0.6) is 0 Å². The van der Waals surface area contributed by atoms with Crippen LogP contribution >= 0.6 is 34.5 Å². The zero-order valence-electron chi connectivity index (χ0n) is 9.77. The molecule has 0 N–H and O–H groups in total. The van der Waals surface area contributed by atoms with Crippen molar-refractivity contribution in [2.24, 2.45) is 0 Å². The minimum Gasteiger partial charge on any atom is -0.293 e. The molecule has 0 amide bonds. The number of halogens is 2. The van der Waals surface area contributed by atoms with Crippen molar-refractivity contribution >= 4 is 51.1 Å². The van der Waals surface area contributed by atoms with Crippen LogP contribution in [0.2, 0.25) is 8.67 Å². The molecule has 1 aromatic heterocycles. The fourth-order valence-electron chi connectivity index (χ4n) is 1.57. The van der Waals surface area contributed by atoms with Gasteiger partial charge in [0.15, 0.2) is 5.78 Å². The maximum absolute atomic E-state index is 11.9. The second-order valence-electron chi connectivity index (χ2n) is 3.88. The summed E-state index contributed by atoms with van der Waals surface area (Å²) in [5, 5.41) is 0. The Balaban J connectivity index is 2.00. The lowest BCUT2D eigenvalue weighted by Crippen LogP contribution is -2.12. The van der Waals surface area contributed by atoms with Crippen LogP contribution in [-0.4, -0.2) is 15.7 Å². The lowest BCUT2D eigenvalue weighted by Gasteiger charge is -2.01. The van der Waals surface area contributed by atoms with Crippen LogP contribution in [0.25, 0.3) is 0 Å². The van der Waals surface area contributed by atoms with Gasteiger partial charge in [0.05, 0.1) is 10.1 Å². The molecule has 19 heavy (non-hydrogen) atoms. The maximum atomic E-state index is 11.9. The highest BCUT2D eigenvalue weighted by Crippen LogP contribution is 2.31. The predicted octanol–water partition coefficient (Wildman–Crippen LogP) is 4.19. The van der Waals surface area contributed by atoms with E-state index in [1.54, 1.807) is 0 Å². The first kappa shape index (κ1) is 14.7. The monoisotopic (exact) mass is 332 g/mol. The van der Waals surface area contributed by atoms with Crippen molar-refractivity contribution in [1.29, 1.82) is 0 Å². The molecule has 6 heteroatoms. The number of Topliss-reactive ketones (excluding diaryl/α,β-unsaturated/α-hetero) is 1. The zero-order valence-corrected chi connectivity index (χ0v) is 12.9. The van der Waals surface area contributed by atoms with Crippen molar-refractivity contribution in [2.75, 3.05) is 5.75 Å². The van der Waals surface area contributed by atoms with Gasteiger partial charge in [-0.15, -0.1) is 11.3 Å². The van der Waals surface area contributed by atoms with E-state index in [0.717, 1.165) is 16.9 Å². The molecule has 0 radical (unpaired) electrons. The highest BCUT2D eigenvalue weighted by Gasteiger charge is 2.16. The third-order valence-corrected chi connectivity index (χ3v) is 5.15. The van der Waals surface area contributed by atoms with Crippen LogP contribution in [0, 0.1) is 0 Å². The van der Waals surface area contributed by atoms with Crippen LogP contribution in [0.15, 0.2) is 36.4 Å². The van der Waals surface area contributed by atoms with Gasteiger partial charge in [0.1, 0.15) is 4.34 Å². The molecule has 0 saturated heterocycles. The van der Waals surface area contributed by atoms with Crippen molar-refractivity contribution in [1.82, 2.24) is 0 Å². The summed E-state index contributed by atoms with van der Waals surface area (Å²) in [4.78, 5) is 11.9. The van der Waals surface area contributed by atoms with E-state index in [-0.39, 0.29) is 11.5 Å². The largest absolute Gasteiger partial charge is 0.293 e. The lowest BCUT2D eigenvalue weighted by atomic mass is 10.2. The van der Waals surface area contributed by atoms with E-state index >= 15 is 0 Å². The third-order valence-electron chi connectivity index (χ3n) is 2.42. The van der Waals surface area contributed by atoms with Gasteiger partial charge >= 0.3 is 0 Å². The van der Waals surface area contributed by atoms with E-state index in [2.05, 4.69) is 0 Å². The number of ketones is 1. The first-order valence-corrected chi connectivity index (χ1v) is 8.49. The molecule has 2 nitrogen and oxygen atoms in total. The summed E-state index contributed by atoms with van der Waals surface area (Å²) in [5.74, 6) is 0.0893. The van der Waals surface area contributed by atoms with Gasteiger partial charge in [-0.1, -0.05) is 53.5 Å². The molecule has 0 aliphatic carbocycles. The Kier molecular flexibility index (Phi) is 5.16. The van der Waals surface area contributed by atoms with Crippen molar-refractivity contribution < 1.29 is 9.00 Å². The van der Waals surface area contributed by atoms with E-state index < -0.39 is 10.8 Å². The van der Waals surface area contributed by atoms with Crippen LogP contribution in [0.3, 0.4) is 0 Å². The molecule has 1 unspecified atom stereocenters. The van der Waals surface area contributed by atoms with Gasteiger partial charge in [-0.05, 0) is 11.6 Å². The standard InChI is InChI=1S/C13H10Cl2O2S2/c14-12-6-10(13(15)18-12)11(16)8-19(17)7-9-4-2-1-3-5-9/h1-6H,7-8H2. The second kappa shape index (κ2) is 6.66. The van der Waals surface area contributed by atoms with Gasteiger partial charge in [-0.25, -0.2) is 0 Å². The third kappa shape index (κ3) is 4.14. The highest BCUT2D eigenvalue weighted by atomic mass is 35.5. The molecule has 0 saturated carbocycles. The maximum Gasteiger partial charge on any atom is 0.177 e. The number of rotatable bonds is 5. The summed E-state index contributed by atoms with van der Waals surface area (Å²) in [5.41, 5.74) is 1.31. The van der Waals surface area contributed by atoms with E-state index in [9.17, 15) is 9.00 Å². The minimum absolute atomic E-state index is 0.0400. The van der Waals surface area contributed by atoms with Gasteiger partial charge in [-0.3, -0.25) is 9.00 Å². The van der Waals surface area contributed by atoms with E-state index in [1.165, 1.54) is 6.07 Å². The van der Waals surface area contributed by atoms with Crippen LogP contribution in [0.4, 0.5) is 0 Å². The summed E-state index contributed by atoms with van der Waals surface area (Å²) in [7, 11) is -1.25. The summed E-state index contributed by atoms with van der Waals surface area (Å²) in [6.07, 6.45) is 0. The number of thiophene rings is 1. The van der Waals surface area contributed by atoms with E-state index in [4.69, 9.17) is 23.2 Å². The number of carbonyl (C=O) groups is 1. The molecule has 1 heterocycles. The molecule has 0 spiro atoms. The first-order valence-electron chi connectivity index (χ1n) is 5.43. The quantitative estimate of drug-likeness (QED) is 0.769. The number of hydrogen-bond donors (Lipinski definition) is 0. The average molecular weight is 333 g/mol. The van der Waals surface area contributed by atoms with E-state index in [0.29, 0.717) is 20.0 Å². The average Bonchev–Trinajstić information content (AvgIpc) is 2.69.